The van der Waals surface area contributed by atoms with Gasteiger partial charge >= 0.3 is 0 Å². The van der Waals surface area contributed by atoms with E-state index < -0.39 is 6.10 Å². The molecule has 1 atom stereocenters. The Kier molecular flexibility index (Phi) is 5.41. The van der Waals surface area contributed by atoms with Gasteiger partial charge in [-0.05, 0) is 17.0 Å². The van der Waals surface area contributed by atoms with Crippen LogP contribution in [0.2, 0.25) is 0 Å². The minimum Gasteiger partial charge on any atom is -0.387 e. The van der Waals surface area contributed by atoms with Gasteiger partial charge < -0.3 is 10.0 Å². The highest BCUT2D eigenvalue weighted by Crippen LogP contribution is 2.28. The van der Waals surface area contributed by atoms with Crippen LogP contribution >= 0.6 is 0 Å². The van der Waals surface area contributed by atoms with Gasteiger partial charge in [-0.2, -0.15) is 0 Å². The topological polar surface area (TPSA) is 43.8 Å². The van der Waals surface area contributed by atoms with Crippen molar-refractivity contribution in [2.75, 3.05) is 37.6 Å². The van der Waals surface area contributed by atoms with Crippen molar-refractivity contribution in [3.05, 3.63) is 101 Å². The third kappa shape index (κ3) is 3.92. The Balaban J connectivity index is 1.43. The monoisotopic (exact) mass is 410 g/mol. The lowest BCUT2D eigenvalue weighted by molar-refractivity contribution is 0.109. The molecule has 1 heterocycles. The summed E-state index contributed by atoms with van der Waals surface area (Å²) in [6, 6.07) is 27.8. The molecular weight excluding hydrogens is 384 g/mol. The second-order valence-electron chi connectivity index (χ2n) is 8.21. The van der Waals surface area contributed by atoms with Crippen LogP contribution in [0.5, 0.6) is 0 Å². The van der Waals surface area contributed by atoms with Crippen molar-refractivity contribution in [1.29, 1.82) is 0 Å². The second kappa shape index (κ2) is 8.50. The van der Waals surface area contributed by atoms with Gasteiger partial charge in [-0.15, -0.1) is 0 Å². The lowest BCUT2D eigenvalue weighted by atomic mass is 10.1. The first-order chi connectivity index (χ1) is 15.2. The van der Waals surface area contributed by atoms with E-state index in [9.17, 15) is 9.90 Å². The predicted octanol–water partition coefficient (Wildman–Crippen LogP) is 4.21. The van der Waals surface area contributed by atoms with E-state index in [0.29, 0.717) is 6.54 Å². The standard InChI is InChI=1S/C27H26N2O2/c30-26(20-8-2-1-3-9-20)19-28-14-16-29(17-15-28)25-18-21-10-4-5-11-22(21)27(31)24-13-7-6-12-23(24)25/h1-13,18,26,30H,14-17,19H2. The van der Waals surface area contributed by atoms with Gasteiger partial charge in [0.25, 0.3) is 0 Å². The Hall–Kier alpha value is -3.21. The number of piperazine rings is 1. The van der Waals surface area contributed by atoms with E-state index in [1.165, 1.54) is 0 Å². The predicted molar refractivity (Wildman–Crippen MR) is 128 cm³/mol. The van der Waals surface area contributed by atoms with Crippen molar-refractivity contribution in [3.63, 3.8) is 0 Å². The summed E-state index contributed by atoms with van der Waals surface area (Å²) in [4.78, 5) is 17.9. The molecule has 1 fully saturated rings. The Morgan fingerprint density at radius 2 is 1.35 bits per heavy atom. The first-order valence-corrected chi connectivity index (χ1v) is 10.9. The molecule has 1 saturated heterocycles. The number of hydrogen-bond donors (Lipinski definition) is 1. The summed E-state index contributed by atoms with van der Waals surface area (Å²) in [5.74, 6) is 0. The molecule has 1 N–H and O–H groups in total. The molecule has 0 aromatic heterocycles. The molecule has 0 aliphatic carbocycles. The number of hydrogen-bond acceptors (Lipinski definition) is 4. The van der Waals surface area contributed by atoms with Crippen LogP contribution in [0, 0.1) is 0 Å². The molecule has 0 spiro atoms. The summed E-state index contributed by atoms with van der Waals surface area (Å²) in [5, 5.41) is 14.1. The Bertz CT molecular complexity index is 1260. The molecule has 1 unspecified atom stereocenters. The van der Waals surface area contributed by atoms with Crippen LogP contribution in [0.3, 0.4) is 0 Å². The van der Waals surface area contributed by atoms with E-state index in [1.807, 2.05) is 72.8 Å². The minimum atomic E-state index is -0.477. The van der Waals surface area contributed by atoms with Crippen molar-refractivity contribution in [2.24, 2.45) is 0 Å². The summed E-state index contributed by atoms with van der Waals surface area (Å²) >= 11 is 0. The summed E-state index contributed by atoms with van der Waals surface area (Å²) in [6.07, 6.45) is -0.477. The Morgan fingerprint density at radius 1 is 0.742 bits per heavy atom. The largest absolute Gasteiger partial charge is 0.387 e. The smallest absolute Gasteiger partial charge is 0.194 e. The molecule has 4 aromatic carbocycles. The number of aliphatic hydroxyl groups excluding tert-OH is 1. The van der Waals surface area contributed by atoms with E-state index in [-0.39, 0.29) is 5.43 Å². The van der Waals surface area contributed by atoms with E-state index in [1.54, 1.807) is 0 Å². The average molecular weight is 411 g/mol. The highest BCUT2D eigenvalue weighted by atomic mass is 16.3. The summed E-state index contributed by atoms with van der Waals surface area (Å²) in [6.45, 7) is 4.10. The van der Waals surface area contributed by atoms with Gasteiger partial charge in [0, 0.05) is 54.6 Å². The Labute approximate surface area is 182 Å². The van der Waals surface area contributed by atoms with Gasteiger partial charge in [0.05, 0.1) is 6.10 Å². The molecule has 0 amide bonds. The van der Waals surface area contributed by atoms with Crippen LogP contribution in [0.1, 0.15) is 11.7 Å². The third-order valence-corrected chi connectivity index (χ3v) is 6.27. The number of rotatable bonds is 4. The second-order valence-corrected chi connectivity index (χ2v) is 8.21. The molecule has 0 bridgehead atoms. The van der Waals surface area contributed by atoms with Gasteiger partial charge in [-0.25, -0.2) is 0 Å². The van der Waals surface area contributed by atoms with E-state index in [0.717, 1.165) is 59.0 Å². The number of aliphatic hydroxyl groups is 1. The molecule has 0 radical (unpaired) electrons. The highest BCUT2D eigenvalue weighted by Gasteiger charge is 2.21. The van der Waals surface area contributed by atoms with Gasteiger partial charge in [0.15, 0.2) is 5.43 Å². The van der Waals surface area contributed by atoms with Gasteiger partial charge in [0.2, 0.25) is 0 Å². The van der Waals surface area contributed by atoms with Crippen LogP contribution in [0.4, 0.5) is 5.69 Å². The van der Waals surface area contributed by atoms with Crippen molar-refractivity contribution in [3.8, 4) is 0 Å². The zero-order valence-electron chi connectivity index (χ0n) is 17.4. The minimum absolute atomic E-state index is 0.0852. The molecular formula is C27H26N2O2. The fraction of sp³-hybridized carbons (Fsp3) is 0.222. The lowest BCUT2D eigenvalue weighted by Gasteiger charge is -2.37. The van der Waals surface area contributed by atoms with Gasteiger partial charge in [-0.3, -0.25) is 9.69 Å². The maximum absolute atomic E-state index is 13.2. The highest BCUT2D eigenvalue weighted by molar-refractivity contribution is 6.01. The first-order valence-electron chi connectivity index (χ1n) is 10.9. The molecule has 0 saturated carbocycles. The quantitative estimate of drug-likeness (QED) is 0.547. The van der Waals surface area contributed by atoms with E-state index in [2.05, 4.69) is 21.9 Å². The Morgan fingerprint density at radius 3 is 2.10 bits per heavy atom. The number of fused-ring (bicyclic) bond motifs is 2. The molecule has 1 aliphatic heterocycles. The van der Waals surface area contributed by atoms with Crippen LogP contribution in [-0.2, 0) is 0 Å². The molecule has 4 nitrogen and oxygen atoms in total. The summed E-state index contributed by atoms with van der Waals surface area (Å²) in [7, 11) is 0. The number of anilines is 1. The molecule has 4 aromatic rings. The van der Waals surface area contributed by atoms with Gasteiger partial charge in [0.1, 0.15) is 0 Å². The molecule has 156 valence electrons. The third-order valence-electron chi connectivity index (χ3n) is 6.27. The first kappa shape index (κ1) is 19.7. The number of β-amino-alcohol motifs (C(OH)–C–C–N with tert-alkyl or cyclic N) is 1. The zero-order chi connectivity index (χ0) is 21.2. The molecule has 4 heteroatoms. The van der Waals surface area contributed by atoms with Crippen molar-refractivity contribution < 1.29 is 5.11 Å². The van der Waals surface area contributed by atoms with Gasteiger partial charge in [-0.1, -0.05) is 78.9 Å². The molecule has 5 rings (SSSR count). The average Bonchev–Trinajstić information content (AvgIpc) is 2.95. The van der Waals surface area contributed by atoms with E-state index >= 15 is 0 Å². The van der Waals surface area contributed by atoms with Crippen molar-refractivity contribution in [2.45, 2.75) is 6.10 Å². The van der Waals surface area contributed by atoms with Crippen molar-refractivity contribution >= 4 is 27.2 Å². The van der Waals surface area contributed by atoms with Crippen LogP contribution in [0.25, 0.3) is 21.5 Å². The molecule has 31 heavy (non-hydrogen) atoms. The summed E-state index contributed by atoms with van der Waals surface area (Å²) < 4.78 is 0. The summed E-state index contributed by atoms with van der Waals surface area (Å²) in [5.41, 5.74) is 2.15. The fourth-order valence-electron chi connectivity index (χ4n) is 4.56. The zero-order valence-corrected chi connectivity index (χ0v) is 17.4. The SMILES string of the molecule is O=c1c2ccccc2cc(N2CCN(CC(O)c3ccccc3)CC2)c2ccccc12. The van der Waals surface area contributed by atoms with Crippen LogP contribution < -0.4 is 10.3 Å². The van der Waals surface area contributed by atoms with E-state index in [4.69, 9.17) is 0 Å². The number of nitrogens with zero attached hydrogens (tertiary/aromatic N) is 2. The fourth-order valence-corrected chi connectivity index (χ4v) is 4.56. The molecule has 1 aliphatic rings. The van der Waals surface area contributed by atoms with Crippen LogP contribution in [0.15, 0.2) is 89.7 Å². The van der Waals surface area contributed by atoms with Crippen molar-refractivity contribution in [1.82, 2.24) is 4.90 Å². The maximum atomic E-state index is 13.2. The lowest BCUT2D eigenvalue weighted by Crippen LogP contribution is -2.47. The van der Waals surface area contributed by atoms with Crippen LogP contribution in [-0.4, -0.2) is 42.7 Å². The normalized spacial score (nSPS) is 16.0. The number of benzene rings is 3. The maximum Gasteiger partial charge on any atom is 0.194 e.